The number of nitrogens with one attached hydrogen (secondary N) is 2. The number of phenols is 1. The molecular formula is C13H16N2O3. The molecule has 5 nitrogen and oxygen atoms in total. The number of rotatable bonds is 4. The number of ether oxygens (including phenoxy) is 1. The molecule has 0 radical (unpaired) electrons. The van der Waals surface area contributed by atoms with E-state index in [0.717, 1.165) is 6.92 Å². The van der Waals surface area contributed by atoms with Crippen LogP contribution in [0.5, 0.6) is 11.5 Å². The lowest BCUT2D eigenvalue weighted by molar-refractivity contribution is -0.118. The minimum absolute atomic E-state index is 0.110. The number of aromatic amines is 1. The molecule has 0 saturated carbocycles. The molecule has 3 N–H and O–H groups in total. The molecule has 1 aromatic heterocycles. The Hall–Kier alpha value is -2.17. The molecular weight excluding hydrogens is 232 g/mol. The van der Waals surface area contributed by atoms with Gasteiger partial charge in [0.1, 0.15) is 0 Å². The molecule has 1 amide bonds. The molecule has 0 spiro atoms. The van der Waals surface area contributed by atoms with Crippen molar-refractivity contribution in [1.29, 1.82) is 0 Å². The van der Waals surface area contributed by atoms with E-state index in [0.29, 0.717) is 5.52 Å². The number of amides is 1. The molecule has 5 heteroatoms. The Morgan fingerprint density at radius 2 is 2.39 bits per heavy atom. The number of fused-ring (bicyclic) bond motifs is 1. The highest BCUT2D eigenvalue weighted by Gasteiger charge is 2.12. The first kappa shape index (κ1) is 8.02. The second kappa shape index (κ2) is 5.00. The molecule has 0 bridgehead atoms. The third-order valence-corrected chi connectivity index (χ3v) is 2.44. The molecule has 0 unspecified atom stereocenters. The fourth-order valence-corrected chi connectivity index (χ4v) is 1.64. The highest BCUT2D eigenvalue weighted by atomic mass is 16.5. The molecule has 1 heterocycles. The van der Waals surface area contributed by atoms with Gasteiger partial charge >= 0.3 is 0 Å². The number of aryl methyl sites for hydroxylation is 1. The smallest absolute Gasteiger partial charge is 0.216 e. The van der Waals surface area contributed by atoms with Crippen LogP contribution in [0.2, 0.25) is 0 Å². The molecule has 1 aromatic carbocycles. The first-order valence-electron chi connectivity index (χ1n) is 7.28. The van der Waals surface area contributed by atoms with Gasteiger partial charge in [-0.3, -0.25) is 4.79 Å². The van der Waals surface area contributed by atoms with Gasteiger partial charge in [0.05, 0.1) is 7.11 Å². The molecule has 18 heavy (non-hydrogen) atoms. The van der Waals surface area contributed by atoms with Gasteiger partial charge < -0.3 is 20.1 Å². The maximum absolute atomic E-state index is 11.1. The van der Waals surface area contributed by atoms with E-state index < -0.39 is 18.8 Å². The van der Waals surface area contributed by atoms with Crippen molar-refractivity contribution in [3.63, 3.8) is 0 Å². The van der Waals surface area contributed by atoms with E-state index in [4.69, 9.17) is 10.2 Å². The number of phenolic OH excluding ortho intramolecular Hbond substituents is 1. The van der Waals surface area contributed by atoms with Crippen LogP contribution in [0.25, 0.3) is 10.9 Å². The van der Waals surface area contributed by atoms with Crippen LogP contribution in [0.15, 0.2) is 18.3 Å². The predicted octanol–water partition coefficient (Wildman–Crippen LogP) is 1.56. The van der Waals surface area contributed by atoms with Crippen molar-refractivity contribution < 1.29 is 20.1 Å². The van der Waals surface area contributed by atoms with E-state index >= 15 is 0 Å². The summed E-state index contributed by atoms with van der Waals surface area (Å²) >= 11 is 0. The van der Waals surface area contributed by atoms with Crippen molar-refractivity contribution in [1.82, 2.24) is 10.3 Å². The van der Waals surface area contributed by atoms with E-state index in [1.54, 1.807) is 6.07 Å². The Labute approximate surface area is 110 Å². The van der Waals surface area contributed by atoms with Crippen molar-refractivity contribution in [2.45, 2.75) is 13.3 Å². The van der Waals surface area contributed by atoms with Crippen LogP contribution >= 0.6 is 0 Å². The zero-order chi connectivity index (χ0) is 16.7. The second-order valence-electron chi connectivity index (χ2n) is 3.67. The lowest BCUT2D eigenvalue weighted by atomic mass is 10.1. The largest absolute Gasteiger partial charge is 0.504 e. The molecule has 2 rings (SSSR count). The summed E-state index contributed by atoms with van der Waals surface area (Å²) < 4.78 is 36.8. The summed E-state index contributed by atoms with van der Waals surface area (Å²) in [5.74, 6) is -0.849. The van der Waals surface area contributed by atoms with Crippen molar-refractivity contribution in [2.75, 3.05) is 13.6 Å². The summed E-state index contributed by atoms with van der Waals surface area (Å²) in [6, 6.07) is 3.09. The molecule has 0 aliphatic carbocycles. The maximum Gasteiger partial charge on any atom is 0.216 e. The Kier molecular flexibility index (Phi) is 2.23. The van der Waals surface area contributed by atoms with Gasteiger partial charge in [0.15, 0.2) is 11.5 Å². The monoisotopic (exact) mass is 252 g/mol. The topological polar surface area (TPSA) is 74.4 Å². The second-order valence-corrected chi connectivity index (χ2v) is 3.67. The first-order valence-corrected chi connectivity index (χ1v) is 5.28. The standard InChI is InChI=1S/C13H16N2O3/c1-8(16)14-6-5-9-7-15-10-3-4-11(18-2)13(17)12(9)10/h3-4,7,15,17H,5-6H2,1-2H3,(H,14,16)/i5D2,6D2. The van der Waals surface area contributed by atoms with Crippen LogP contribution in [0.1, 0.15) is 18.0 Å². The molecule has 0 fully saturated rings. The van der Waals surface area contributed by atoms with E-state index in [1.807, 2.05) is 5.32 Å². The summed E-state index contributed by atoms with van der Waals surface area (Å²) in [5, 5.41) is 12.3. The lowest BCUT2D eigenvalue weighted by Gasteiger charge is -2.06. The van der Waals surface area contributed by atoms with Crippen LogP contribution < -0.4 is 10.1 Å². The summed E-state index contributed by atoms with van der Waals surface area (Å²) in [6.45, 7) is -1.56. The van der Waals surface area contributed by atoms with Gasteiger partial charge in [0.25, 0.3) is 0 Å². The first-order chi connectivity index (χ1) is 10.1. The molecule has 0 aliphatic heterocycles. The van der Waals surface area contributed by atoms with E-state index in [1.165, 1.54) is 19.4 Å². The van der Waals surface area contributed by atoms with Crippen molar-refractivity contribution in [2.24, 2.45) is 0 Å². The Balaban J connectivity index is 2.65. The van der Waals surface area contributed by atoms with Gasteiger partial charge in [-0.15, -0.1) is 0 Å². The van der Waals surface area contributed by atoms with Crippen molar-refractivity contribution >= 4 is 16.8 Å². The molecule has 0 aliphatic rings. The van der Waals surface area contributed by atoms with Crippen LogP contribution in [0.4, 0.5) is 0 Å². The number of H-pyrrole nitrogens is 1. The zero-order valence-electron chi connectivity index (χ0n) is 14.0. The number of aromatic nitrogens is 1. The van der Waals surface area contributed by atoms with Gasteiger partial charge in [-0.05, 0) is 24.1 Å². The summed E-state index contributed by atoms with van der Waals surface area (Å²) in [7, 11) is 1.36. The number of benzene rings is 1. The minimum Gasteiger partial charge on any atom is -0.504 e. The predicted molar refractivity (Wildman–Crippen MR) is 68.9 cm³/mol. The Morgan fingerprint density at radius 3 is 3.06 bits per heavy atom. The highest BCUT2D eigenvalue weighted by Crippen LogP contribution is 2.36. The Bertz CT molecular complexity index is 727. The van der Waals surface area contributed by atoms with Gasteiger partial charge in [-0.2, -0.15) is 0 Å². The Morgan fingerprint density at radius 1 is 1.61 bits per heavy atom. The average Bonchev–Trinajstić information content (AvgIpc) is 2.82. The van der Waals surface area contributed by atoms with E-state index in [9.17, 15) is 9.90 Å². The highest BCUT2D eigenvalue weighted by molar-refractivity contribution is 5.91. The minimum atomic E-state index is -2.66. The van der Waals surface area contributed by atoms with Crippen LogP contribution in [0, 0.1) is 0 Å². The third kappa shape index (κ3) is 2.25. The number of carbonyl (C=O) groups excluding carboxylic acids is 1. The van der Waals surface area contributed by atoms with E-state index in [2.05, 4.69) is 4.98 Å². The average molecular weight is 252 g/mol. The molecule has 2 aromatic rings. The van der Waals surface area contributed by atoms with Gasteiger partial charge in [-0.1, -0.05) is 0 Å². The van der Waals surface area contributed by atoms with Crippen LogP contribution in [0.3, 0.4) is 0 Å². The number of carbonyl (C=O) groups is 1. The molecule has 96 valence electrons. The fraction of sp³-hybridized carbons (Fsp3) is 0.308. The van der Waals surface area contributed by atoms with Crippen molar-refractivity contribution in [3.8, 4) is 11.5 Å². The quantitative estimate of drug-likeness (QED) is 0.773. The van der Waals surface area contributed by atoms with Crippen LogP contribution in [-0.2, 0) is 11.2 Å². The number of hydrogen-bond donors (Lipinski definition) is 3. The summed E-state index contributed by atoms with van der Waals surface area (Å²) in [6.07, 6.45) is -1.32. The summed E-state index contributed by atoms with van der Waals surface area (Å²) in [5.41, 5.74) is 0.313. The molecule has 0 saturated heterocycles. The normalized spacial score (nSPS) is 15.4. The SMILES string of the molecule is [2H]C([2H])(NC(C)=O)C([2H])([2H])c1c[nH]c2ccc(OC)c(O)c12. The number of hydrogen-bond acceptors (Lipinski definition) is 3. The lowest BCUT2D eigenvalue weighted by Crippen LogP contribution is -2.22. The van der Waals surface area contributed by atoms with Gasteiger partial charge in [0.2, 0.25) is 5.91 Å². The third-order valence-electron chi connectivity index (χ3n) is 2.44. The summed E-state index contributed by atoms with van der Waals surface area (Å²) in [4.78, 5) is 13.9. The maximum atomic E-state index is 11.1. The van der Waals surface area contributed by atoms with Gasteiger partial charge in [0, 0.05) is 36.0 Å². The number of aromatic hydroxyl groups is 1. The number of methoxy groups -OCH3 is 1. The molecule has 0 atom stereocenters. The fourth-order valence-electron chi connectivity index (χ4n) is 1.64. The van der Waals surface area contributed by atoms with Crippen LogP contribution in [-0.4, -0.2) is 29.6 Å². The zero-order valence-corrected chi connectivity index (χ0v) is 10.00. The van der Waals surface area contributed by atoms with Gasteiger partial charge in [-0.25, -0.2) is 0 Å². The van der Waals surface area contributed by atoms with Crippen molar-refractivity contribution in [3.05, 3.63) is 23.9 Å². The van der Waals surface area contributed by atoms with E-state index in [-0.39, 0.29) is 22.4 Å².